The smallest absolute Gasteiger partial charge is 0.212 e. The zero-order valence-electron chi connectivity index (χ0n) is 16.6. The maximum absolute atomic E-state index is 13.5. The normalized spacial score (nSPS) is 17.5. The molecule has 144 valence electrons. The van der Waals surface area contributed by atoms with Gasteiger partial charge in [0, 0.05) is 30.8 Å². The largest absolute Gasteiger partial charge is 0.371 e. The van der Waals surface area contributed by atoms with E-state index in [0.29, 0.717) is 5.69 Å². The minimum Gasteiger partial charge on any atom is -0.371 e. The highest BCUT2D eigenvalue weighted by Gasteiger charge is 2.30. The molecular weight excluding hydrogens is 348 g/mol. The molecule has 5 heteroatoms. The van der Waals surface area contributed by atoms with E-state index in [9.17, 15) is 4.79 Å². The van der Waals surface area contributed by atoms with Gasteiger partial charge in [0.15, 0.2) is 5.65 Å². The van der Waals surface area contributed by atoms with E-state index >= 15 is 0 Å². The summed E-state index contributed by atoms with van der Waals surface area (Å²) in [4.78, 5) is 20.8. The van der Waals surface area contributed by atoms with Crippen molar-refractivity contribution in [2.75, 3.05) is 18.0 Å². The molecule has 0 spiro atoms. The summed E-state index contributed by atoms with van der Waals surface area (Å²) in [6, 6.07) is 7.99. The van der Waals surface area contributed by atoms with Crippen LogP contribution in [0.1, 0.15) is 53.9 Å². The van der Waals surface area contributed by atoms with Crippen LogP contribution >= 0.6 is 0 Å². The van der Waals surface area contributed by atoms with Gasteiger partial charge in [0.25, 0.3) is 0 Å². The number of aryl methyl sites for hydroxylation is 2. The van der Waals surface area contributed by atoms with Gasteiger partial charge in [-0.1, -0.05) is 31.2 Å². The number of aromatic nitrogens is 3. The molecule has 5 rings (SSSR count). The van der Waals surface area contributed by atoms with Crippen molar-refractivity contribution in [1.29, 1.82) is 0 Å². The fraction of sp³-hybridized carbons (Fsp3) is 0.435. The van der Waals surface area contributed by atoms with Gasteiger partial charge >= 0.3 is 0 Å². The second-order valence-corrected chi connectivity index (χ2v) is 8.14. The Balaban J connectivity index is 1.75. The van der Waals surface area contributed by atoms with Crippen molar-refractivity contribution in [2.45, 2.75) is 46.1 Å². The molecule has 0 saturated carbocycles. The van der Waals surface area contributed by atoms with Crippen LogP contribution in [0.2, 0.25) is 0 Å². The lowest BCUT2D eigenvalue weighted by Crippen LogP contribution is -2.34. The number of hydrogen-bond donors (Lipinski definition) is 0. The summed E-state index contributed by atoms with van der Waals surface area (Å²) in [6.07, 6.45) is 6.05. The van der Waals surface area contributed by atoms with E-state index in [1.54, 1.807) is 0 Å². The Morgan fingerprint density at radius 2 is 1.93 bits per heavy atom. The van der Waals surface area contributed by atoms with Crippen LogP contribution in [0.3, 0.4) is 0 Å². The number of ketones is 1. The van der Waals surface area contributed by atoms with Crippen molar-refractivity contribution in [3.8, 4) is 0 Å². The highest BCUT2D eigenvalue weighted by Crippen LogP contribution is 2.37. The molecule has 2 aromatic heterocycles. The first-order chi connectivity index (χ1) is 13.7. The maximum atomic E-state index is 13.5. The summed E-state index contributed by atoms with van der Waals surface area (Å²) in [5.41, 5.74) is 5.70. The van der Waals surface area contributed by atoms with Crippen LogP contribution in [0.25, 0.3) is 11.0 Å². The van der Waals surface area contributed by atoms with Gasteiger partial charge < -0.3 is 4.90 Å². The second kappa shape index (κ2) is 6.73. The Morgan fingerprint density at radius 1 is 1.14 bits per heavy atom. The lowest BCUT2D eigenvalue weighted by Gasteiger charge is -2.34. The lowest BCUT2D eigenvalue weighted by molar-refractivity contribution is 0.103. The molecule has 1 aliphatic heterocycles. The van der Waals surface area contributed by atoms with Crippen LogP contribution in [0.5, 0.6) is 0 Å². The van der Waals surface area contributed by atoms with E-state index in [0.717, 1.165) is 66.1 Å². The number of rotatable bonds is 2. The Morgan fingerprint density at radius 3 is 2.71 bits per heavy atom. The molecule has 0 bridgehead atoms. The number of nitrogens with zero attached hydrogens (tertiary/aromatic N) is 4. The summed E-state index contributed by atoms with van der Waals surface area (Å²) >= 11 is 0. The maximum Gasteiger partial charge on any atom is 0.212 e. The Hall–Kier alpha value is -2.69. The van der Waals surface area contributed by atoms with E-state index in [1.807, 2.05) is 29.1 Å². The fourth-order valence-corrected chi connectivity index (χ4v) is 4.71. The molecule has 0 radical (unpaired) electrons. The van der Waals surface area contributed by atoms with Crippen molar-refractivity contribution < 1.29 is 4.79 Å². The van der Waals surface area contributed by atoms with Crippen LogP contribution in [-0.2, 0) is 19.4 Å². The molecule has 3 aromatic rings. The van der Waals surface area contributed by atoms with E-state index in [1.165, 1.54) is 18.5 Å². The van der Waals surface area contributed by atoms with Gasteiger partial charge in [0.1, 0.15) is 5.69 Å². The first kappa shape index (κ1) is 17.4. The summed E-state index contributed by atoms with van der Waals surface area (Å²) in [5, 5.41) is 5.66. The highest BCUT2D eigenvalue weighted by atomic mass is 16.1. The monoisotopic (exact) mass is 374 g/mol. The number of carbonyl (C=O) groups excluding carboxylic acids is 1. The van der Waals surface area contributed by atoms with Crippen LogP contribution < -0.4 is 4.90 Å². The number of anilines is 1. The van der Waals surface area contributed by atoms with Crippen LogP contribution in [-0.4, -0.2) is 33.6 Å². The predicted octanol–water partition coefficient (Wildman–Crippen LogP) is 4.02. The molecule has 0 atom stereocenters. The highest BCUT2D eigenvalue weighted by molar-refractivity contribution is 6.12. The lowest BCUT2D eigenvalue weighted by atomic mass is 9.96. The van der Waals surface area contributed by atoms with Gasteiger partial charge in [-0.3, -0.25) is 4.79 Å². The van der Waals surface area contributed by atoms with Crippen molar-refractivity contribution in [1.82, 2.24) is 14.8 Å². The van der Waals surface area contributed by atoms with Crippen LogP contribution in [0.4, 0.5) is 5.69 Å². The molecule has 0 N–H and O–H groups in total. The summed E-state index contributed by atoms with van der Waals surface area (Å²) in [6.45, 7) is 7.21. The molecule has 28 heavy (non-hydrogen) atoms. The van der Waals surface area contributed by atoms with Crippen molar-refractivity contribution in [3.05, 3.63) is 52.8 Å². The third-order valence-corrected chi connectivity index (χ3v) is 6.38. The quantitative estimate of drug-likeness (QED) is 0.680. The second-order valence-electron chi connectivity index (χ2n) is 8.14. The van der Waals surface area contributed by atoms with Crippen LogP contribution in [0, 0.1) is 5.92 Å². The molecule has 1 aliphatic carbocycles. The molecule has 5 nitrogen and oxygen atoms in total. The molecule has 2 aliphatic rings. The number of fused-ring (bicyclic) bond motifs is 3. The zero-order valence-corrected chi connectivity index (χ0v) is 16.6. The van der Waals surface area contributed by atoms with E-state index in [4.69, 9.17) is 4.98 Å². The van der Waals surface area contributed by atoms with E-state index in [-0.39, 0.29) is 5.78 Å². The summed E-state index contributed by atoms with van der Waals surface area (Å²) < 4.78 is 1.91. The first-order valence-electron chi connectivity index (χ1n) is 10.4. The van der Waals surface area contributed by atoms with Crippen molar-refractivity contribution in [3.63, 3.8) is 0 Å². The SMILES string of the molecule is CCn1ncc2c(N3CCC(C)CC3)c3c(nc21)C(=O)c1ccccc1CC3. The van der Waals surface area contributed by atoms with Gasteiger partial charge in [0.2, 0.25) is 5.78 Å². The third kappa shape index (κ3) is 2.64. The van der Waals surface area contributed by atoms with Crippen molar-refractivity contribution in [2.24, 2.45) is 5.92 Å². The number of hydrogen-bond acceptors (Lipinski definition) is 4. The zero-order chi connectivity index (χ0) is 19.3. The predicted molar refractivity (Wildman–Crippen MR) is 111 cm³/mol. The number of pyridine rings is 1. The van der Waals surface area contributed by atoms with Gasteiger partial charge in [-0.05, 0) is 44.1 Å². The molecule has 0 unspecified atom stereocenters. The average molecular weight is 374 g/mol. The first-order valence-corrected chi connectivity index (χ1v) is 10.4. The standard InChI is InChI=1S/C23H26N4O/c1-3-27-23-19(14-24-27)21(26-12-10-15(2)11-13-26)18-9-8-16-6-4-5-7-17(16)22(28)20(18)25-23/h4-7,14-15H,3,8-13H2,1-2H3. The molecule has 0 amide bonds. The Labute approximate surface area is 165 Å². The molecule has 1 fully saturated rings. The van der Waals surface area contributed by atoms with Crippen molar-refractivity contribution >= 4 is 22.5 Å². The molecule has 1 aromatic carbocycles. The number of benzene rings is 1. The number of carbonyl (C=O) groups is 1. The van der Waals surface area contributed by atoms with Crippen LogP contribution in [0.15, 0.2) is 30.5 Å². The Bertz CT molecular complexity index is 1060. The molecular formula is C23H26N4O. The van der Waals surface area contributed by atoms with Gasteiger partial charge in [0.05, 0.1) is 17.3 Å². The summed E-state index contributed by atoms with van der Waals surface area (Å²) in [7, 11) is 0. The average Bonchev–Trinajstić information content (AvgIpc) is 3.08. The number of piperidine rings is 1. The summed E-state index contributed by atoms with van der Waals surface area (Å²) in [5.74, 6) is 0.817. The minimum absolute atomic E-state index is 0.0560. The van der Waals surface area contributed by atoms with E-state index in [2.05, 4.69) is 29.9 Å². The third-order valence-electron chi connectivity index (χ3n) is 6.38. The van der Waals surface area contributed by atoms with Gasteiger partial charge in [-0.2, -0.15) is 5.10 Å². The topological polar surface area (TPSA) is 51.0 Å². The van der Waals surface area contributed by atoms with Gasteiger partial charge in [-0.25, -0.2) is 9.67 Å². The Kier molecular flexibility index (Phi) is 4.18. The van der Waals surface area contributed by atoms with Gasteiger partial charge in [-0.15, -0.1) is 0 Å². The van der Waals surface area contributed by atoms with E-state index < -0.39 is 0 Å². The molecule has 1 saturated heterocycles. The minimum atomic E-state index is 0.0560. The molecule has 3 heterocycles. The fourth-order valence-electron chi connectivity index (χ4n) is 4.71.